The Balaban J connectivity index is 1.92. The average molecular weight is 467 g/mol. The van der Waals surface area contributed by atoms with Crippen LogP contribution in [0.15, 0.2) is 30.5 Å². The van der Waals surface area contributed by atoms with Crippen LogP contribution in [0.25, 0.3) is 0 Å². The maximum absolute atomic E-state index is 12.0. The molecule has 0 bridgehead atoms. The molecule has 1 aromatic heterocycles. The topological polar surface area (TPSA) is 138 Å². The Morgan fingerprint density at radius 2 is 1.94 bits per heavy atom. The molecule has 31 heavy (non-hydrogen) atoms. The fourth-order valence-electron chi connectivity index (χ4n) is 2.36. The Morgan fingerprint density at radius 3 is 2.65 bits per heavy atom. The lowest BCUT2D eigenvalue weighted by Gasteiger charge is -2.13. The number of halogens is 1. The van der Waals surface area contributed by atoms with Gasteiger partial charge in [0.15, 0.2) is 5.11 Å². The summed E-state index contributed by atoms with van der Waals surface area (Å²) < 4.78 is 4.79. The summed E-state index contributed by atoms with van der Waals surface area (Å²) >= 11 is 11.2. The van der Waals surface area contributed by atoms with Crippen LogP contribution in [-0.4, -0.2) is 58.9 Å². The third kappa shape index (κ3) is 8.22. The van der Waals surface area contributed by atoms with E-state index in [1.54, 1.807) is 12.1 Å². The maximum atomic E-state index is 12.0. The molecule has 0 atom stereocenters. The zero-order valence-electron chi connectivity index (χ0n) is 16.8. The molecule has 0 aliphatic carbocycles. The number of carbonyl (C=O) groups excluding carboxylic acids is 1. The van der Waals surface area contributed by atoms with Crippen molar-refractivity contribution in [2.45, 2.75) is 12.8 Å². The summed E-state index contributed by atoms with van der Waals surface area (Å²) in [5.41, 5.74) is 0.833. The molecule has 12 heteroatoms. The smallest absolute Gasteiger partial charge is 0.343 e. The highest BCUT2D eigenvalue weighted by Gasteiger charge is 2.15. The van der Waals surface area contributed by atoms with Crippen molar-refractivity contribution >= 4 is 58.3 Å². The zero-order chi connectivity index (χ0) is 22.6. The minimum absolute atomic E-state index is 0.0159. The van der Waals surface area contributed by atoms with E-state index in [4.69, 9.17) is 33.7 Å². The van der Waals surface area contributed by atoms with Crippen LogP contribution in [0.2, 0.25) is 5.02 Å². The predicted molar refractivity (Wildman–Crippen MR) is 122 cm³/mol. The average Bonchev–Trinajstić information content (AvgIpc) is 2.74. The van der Waals surface area contributed by atoms with Gasteiger partial charge in [0, 0.05) is 25.8 Å². The van der Waals surface area contributed by atoms with Crippen molar-refractivity contribution in [2.24, 2.45) is 0 Å². The lowest BCUT2D eigenvalue weighted by Crippen LogP contribution is -2.37. The van der Waals surface area contributed by atoms with Gasteiger partial charge in [-0.05, 0) is 30.8 Å². The number of esters is 1. The number of carbonyl (C=O) groups is 2. The van der Waals surface area contributed by atoms with Crippen molar-refractivity contribution in [3.05, 3.63) is 41.0 Å². The van der Waals surface area contributed by atoms with Crippen LogP contribution in [0.1, 0.15) is 23.2 Å². The first-order valence-electron chi connectivity index (χ1n) is 9.35. The van der Waals surface area contributed by atoms with E-state index in [0.717, 1.165) is 0 Å². The largest absolute Gasteiger partial charge is 0.481 e. The van der Waals surface area contributed by atoms with Crippen molar-refractivity contribution < 1.29 is 19.4 Å². The second-order valence-electron chi connectivity index (χ2n) is 6.16. The number of methoxy groups -OCH3 is 1. The standard InChI is InChI=1S/C19H23ClN6O4S/c1-30-17(29)12-11-24-18(25-14-6-3-2-5-13(14)20)26-16(12)21-8-4-9-22-19(31)23-10-7-15(27)28/h2-3,5-6,11H,4,7-10H2,1H3,(H,27,28)(H2,22,23,31)(H2,21,24,25,26). The summed E-state index contributed by atoms with van der Waals surface area (Å²) in [6.07, 6.45) is 2.01. The molecule has 10 nitrogen and oxygen atoms in total. The van der Waals surface area contributed by atoms with E-state index in [1.807, 2.05) is 12.1 Å². The van der Waals surface area contributed by atoms with E-state index in [1.165, 1.54) is 13.3 Å². The van der Waals surface area contributed by atoms with Gasteiger partial charge >= 0.3 is 11.9 Å². The lowest BCUT2D eigenvalue weighted by atomic mass is 10.3. The number of hydrogen-bond donors (Lipinski definition) is 5. The van der Waals surface area contributed by atoms with Crippen LogP contribution in [-0.2, 0) is 9.53 Å². The Bertz CT molecular complexity index is 930. The molecule has 2 aromatic rings. The minimum atomic E-state index is -0.894. The Labute approximate surface area is 189 Å². The predicted octanol–water partition coefficient (Wildman–Crippen LogP) is 2.40. The normalized spacial score (nSPS) is 10.1. The van der Waals surface area contributed by atoms with Crippen LogP contribution in [0.4, 0.5) is 17.5 Å². The summed E-state index contributed by atoms with van der Waals surface area (Å²) in [5, 5.41) is 21.4. The van der Waals surface area contributed by atoms with Crippen LogP contribution < -0.4 is 21.3 Å². The molecule has 2 rings (SSSR count). The van der Waals surface area contributed by atoms with Gasteiger partial charge in [0.05, 0.1) is 24.2 Å². The minimum Gasteiger partial charge on any atom is -0.481 e. The van der Waals surface area contributed by atoms with E-state index >= 15 is 0 Å². The Kier molecular flexibility index (Phi) is 9.72. The van der Waals surface area contributed by atoms with Crippen molar-refractivity contribution in [2.75, 3.05) is 37.4 Å². The molecule has 0 radical (unpaired) electrons. The van der Waals surface area contributed by atoms with Crippen LogP contribution in [0, 0.1) is 0 Å². The molecule has 0 fully saturated rings. The number of aromatic nitrogens is 2. The monoisotopic (exact) mass is 466 g/mol. The highest BCUT2D eigenvalue weighted by molar-refractivity contribution is 7.80. The quantitative estimate of drug-likeness (QED) is 0.189. The second-order valence-corrected chi connectivity index (χ2v) is 6.97. The molecule has 166 valence electrons. The number of nitrogens with one attached hydrogen (secondary N) is 4. The Hall–Kier alpha value is -3.18. The van der Waals surface area contributed by atoms with Crippen molar-refractivity contribution in [3.8, 4) is 0 Å². The number of rotatable bonds is 11. The molecule has 1 aromatic carbocycles. The van der Waals surface area contributed by atoms with E-state index in [2.05, 4.69) is 31.2 Å². The second kappa shape index (κ2) is 12.5. The van der Waals surface area contributed by atoms with Crippen molar-refractivity contribution in [3.63, 3.8) is 0 Å². The zero-order valence-corrected chi connectivity index (χ0v) is 18.3. The molecule has 0 aliphatic heterocycles. The summed E-state index contributed by atoms with van der Waals surface area (Å²) in [4.78, 5) is 31.0. The number of benzene rings is 1. The molecule has 0 amide bonds. The molecule has 5 N–H and O–H groups in total. The molecule has 0 aliphatic rings. The lowest BCUT2D eigenvalue weighted by molar-refractivity contribution is -0.136. The summed E-state index contributed by atoms with van der Waals surface area (Å²) in [5.74, 6) is -0.869. The number of carboxylic acids is 1. The van der Waals surface area contributed by atoms with Gasteiger partial charge in [-0.25, -0.2) is 9.78 Å². The highest BCUT2D eigenvalue weighted by Crippen LogP contribution is 2.24. The molecule has 0 saturated heterocycles. The van der Waals surface area contributed by atoms with Crippen molar-refractivity contribution in [1.82, 2.24) is 20.6 Å². The number of nitrogens with zero attached hydrogens (tertiary/aromatic N) is 2. The van der Waals surface area contributed by atoms with E-state index in [0.29, 0.717) is 41.2 Å². The van der Waals surface area contributed by atoms with Crippen LogP contribution in [0.5, 0.6) is 0 Å². The number of ether oxygens (including phenoxy) is 1. The maximum Gasteiger partial charge on any atom is 0.343 e. The number of aliphatic carboxylic acids is 1. The fraction of sp³-hybridized carbons (Fsp3) is 0.316. The molecule has 0 saturated carbocycles. The van der Waals surface area contributed by atoms with E-state index < -0.39 is 11.9 Å². The number of thiocarbonyl (C=S) groups is 1. The van der Waals surface area contributed by atoms with Gasteiger partial charge in [-0.15, -0.1) is 0 Å². The molecule has 1 heterocycles. The first-order valence-corrected chi connectivity index (χ1v) is 10.1. The van der Waals surface area contributed by atoms with Gasteiger partial charge in [-0.3, -0.25) is 4.79 Å². The van der Waals surface area contributed by atoms with E-state index in [-0.39, 0.29) is 24.5 Å². The van der Waals surface area contributed by atoms with Crippen LogP contribution in [0.3, 0.4) is 0 Å². The number of para-hydroxylation sites is 1. The number of hydrogen-bond acceptors (Lipinski definition) is 8. The van der Waals surface area contributed by atoms with Crippen LogP contribution >= 0.6 is 23.8 Å². The number of anilines is 3. The molecule has 0 unspecified atom stereocenters. The van der Waals surface area contributed by atoms with E-state index in [9.17, 15) is 9.59 Å². The third-order valence-electron chi connectivity index (χ3n) is 3.87. The first kappa shape index (κ1) is 24.1. The number of carboxylic acid groups (broad SMARTS) is 1. The SMILES string of the molecule is COC(=O)c1cnc(Nc2ccccc2Cl)nc1NCCCNC(=S)NCCC(=O)O. The van der Waals surface area contributed by atoms with Gasteiger partial charge in [0.1, 0.15) is 11.4 Å². The third-order valence-corrected chi connectivity index (χ3v) is 4.49. The molecule has 0 spiro atoms. The first-order chi connectivity index (χ1) is 14.9. The fourth-order valence-corrected chi connectivity index (χ4v) is 2.75. The van der Waals surface area contributed by atoms with Gasteiger partial charge in [0.2, 0.25) is 5.95 Å². The summed E-state index contributed by atoms with van der Waals surface area (Å²) in [7, 11) is 1.28. The molecular weight excluding hydrogens is 444 g/mol. The highest BCUT2D eigenvalue weighted by atomic mass is 35.5. The summed E-state index contributed by atoms with van der Waals surface area (Å²) in [6.45, 7) is 1.27. The van der Waals surface area contributed by atoms with Gasteiger partial charge in [0.25, 0.3) is 0 Å². The molecular formula is C19H23ClN6O4S. The van der Waals surface area contributed by atoms with Gasteiger partial charge in [-0.1, -0.05) is 23.7 Å². The summed E-state index contributed by atoms with van der Waals surface area (Å²) in [6, 6.07) is 7.15. The van der Waals surface area contributed by atoms with Gasteiger partial charge < -0.3 is 31.1 Å². The Morgan fingerprint density at radius 1 is 1.19 bits per heavy atom. The van der Waals surface area contributed by atoms with Crippen molar-refractivity contribution in [1.29, 1.82) is 0 Å². The van der Waals surface area contributed by atoms with Gasteiger partial charge in [-0.2, -0.15) is 4.98 Å².